The number of methoxy groups -OCH3 is 1. The number of aliphatic hydroxyl groups is 1. The number of nitrogens with one attached hydrogen (secondary N) is 1. The number of quaternary nitrogens is 1. The molecule has 1 aliphatic carbocycles. The van der Waals surface area contributed by atoms with Crippen LogP contribution in [0.4, 0.5) is 0 Å². The number of amides is 1. The molecule has 0 radical (unpaired) electrons. The summed E-state index contributed by atoms with van der Waals surface area (Å²) >= 11 is 13.8. The van der Waals surface area contributed by atoms with E-state index in [9.17, 15) is 15.1 Å². The van der Waals surface area contributed by atoms with E-state index in [0.717, 1.165) is 14.5 Å². The molecule has 0 saturated heterocycles. The normalized spacial score (nSPS) is 21.8. The molecule has 3 rings (SSSR count). The van der Waals surface area contributed by atoms with Crippen LogP contribution < -0.4 is 10.1 Å². The van der Waals surface area contributed by atoms with Crippen LogP contribution in [0.2, 0.25) is 0 Å². The van der Waals surface area contributed by atoms with Crippen LogP contribution in [-0.4, -0.2) is 74.0 Å². The third-order valence-electron chi connectivity index (χ3n) is 5.59. The summed E-state index contributed by atoms with van der Waals surface area (Å²) < 4.78 is 13.3. The molecule has 2 aliphatic rings. The van der Waals surface area contributed by atoms with Gasteiger partial charge in [-0.15, -0.1) is 0 Å². The molecule has 198 valence electrons. The second-order valence-electron chi connectivity index (χ2n) is 8.93. The minimum atomic E-state index is -1.19. The predicted molar refractivity (Wildman–Crippen MR) is 151 cm³/mol. The largest absolute Gasteiger partial charge is 0.633 e. The minimum absolute atomic E-state index is 0.104. The highest BCUT2D eigenvalue weighted by molar-refractivity contribution is 9.12. The van der Waals surface area contributed by atoms with Crippen molar-refractivity contribution in [2.45, 2.75) is 31.0 Å². The maximum absolute atomic E-state index is 12.7. The maximum atomic E-state index is 12.7. The molecular formula is C23H27Br4N3O6. The standard InChI is InChI=1S/C23H27Br4N3O6/c1-30(2,33)7-4-8-35-19-14(24)9-13(10-15(19)25)5-6-28-22(32)17-12-23(36-29-17)11-16(26)20(34-3)18(27)21(23)31/h9-11,21,31H,4-8,12H2,1-3H3,(H,28,32)/t21-,23+/m0/s1. The minimum Gasteiger partial charge on any atom is -0.633 e. The number of aliphatic hydroxyl groups excluding tert-OH is 1. The van der Waals surface area contributed by atoms with E-state index in [1.807, 2.05) is 12.1 Å². The fraction of sp³-hybridized carbons (Fsp3) is 0.478. The van der Waals surface area contributed by atoms with Crippen LogP contribution >= 0.6 is 63.7 Å². The van der Waals surface area contributed by atoms with Gasteiger partial charge in [0.1, 0.15) is 23.3 Å². The smallest absolute Gasteiger partial charge is 0.269 e. The number of hydroxylamine groups is 3. The topological polar surface area (TPSA) is 112 Å². The molecule has 0 aromatic heterocycles. The van der Waals surface area contributed by atoms with Gasteiger partial charge in [-0.2, -0.15) is 0 Å². The van der Waals surface area contributed by atoms with Crippen molar-refractivity contribution in [1.29, 1.82) is 0 Å². The molecule has 9 nitrogen and oxygen atoms in total. The number of oxime groups is 1. The molecular weight excluding hydrogens is 734 g/mol. The Morgan fingerprint density at radius 2 is 1.97 bits per heavy atom. The summed E-state index contributed by atoms with van der Waals surface area (Å²) in [5.41, 5.74) is -0.0197. The molecule has 1 aromatic carbocycles. The number of rotatable bonds is 10. The van der Waals surface area contributed by atoms with Gasteiger partial charge in [-0.05, 0) is 93.9 Å². The molecule has 0 unspecified atom stereocenters. The second-order valence-corrected chi connectivity index (χ2v) is 12.3. The van der Waals surface area contributed by atoms with E-state index in [2.05, 4.69) is 74.2 Å². The fourth-order valence-corrected chi connectivity index (χ4v) is 7.06. The summed E-state index contributed by atoms with van der Waals surface area (Å²) in [6.45, 7) is 1.28. The lowest BCUT2D eigenvalue weighted by Gasteiger charge is -2.33. The number of carbonyl (C=O) groups is 1. The highest BCUT2D eigenvalue weighted by Gasteiger charge is 2.50. The van der Waals surface area contributed by atoms with Crippen molar-refractivity contribution < 1.29 is 28.9 Å². The van der Waals surface area contributed by atoms with Gasteiger partial charge in [-0.1, -0.05) is 5.16 Å². The van der Waals surface area contributed by atoms with E-state index < -0.39 is 11.7 Å². The van der Waals surface area contributed by atoms with Crippen molar-refractivity contribution in [3.8, 4) is 5.75 Å². The van der Waals surface area contributed by atoms with Gasteiger partial charge in [-0.25, -0.2) is 0 Å². The molecule has 1 spiro atoms. The van der Waals surface area contributed by atoms with Crippen LogP contribution in [0.1, 0.15) is 18.4 Å². The molecule has 2 N–H and O–H groups in total. The van der Waals surface area contributed by atoms with Crippen molar-refractivity contribution >= 4 is 75.3 Å². The van der Waals surface area contributed by atoms with Crippen LogP contribution in [0.5, 0.6) is 5.75 Å². The van der Waals surface area contributed by atoms with Crippen molar-refractivity contribution in [2.24, 2.45) is 5.16 Å². The van der Waals surface area contributed by atoms with E-state index in [4.69, 9.17) is 14.3 Å². The lowest BCUT2D eigenvalue weighted by atomic mass is 9.87. The lowest BCUT2D eigenvalue weighted by molar-refractivity contribution is -0.840. The highest BCUT2D eigenvalue weighted by Crippen LogP contribution is 2.44. The molecule has 13 heteroatoms. The number of nitrogens with zero attached hydrogens (tertiary/aromatic N) is 2. The number of hydrogen-bond donors (Lipinski definition) is 2. The molecule has 1 amide bonds. The summed E-state index contributed by atoms with van der Waals surface area (Å²) in [6.07, 6.45) is 1.90. The first-order valence-electron chi connectivity index (χ1n) is 11.1. The predicted octanol–water partition coefficient (Wildman–Crippen LogP) is 4.63. The van der Waals surface area contributed by atoms with Gasteiger partial charge in [0, 0.05) is 19.4 Å². The average Bonchev–Trinajstić information content (AvgIpc) is 3.21. The van der Waals surface area contributed by atoms with Gasteiger partial charge in [0.05, 0.1) is 52.3 Å². The van der Waals surface area contributed by atoms with Crippen molar-refractivity contribution in [3.63, 3.8) is 0 Å². The summed E-state index contributed by atoms with van der Waals surface area (Å²) in [4.78, 5) is 18.2. The molecule has 0 fully saturated rings. The van der Waals surface area contributed by atoms with Gasteiger partial charge >= 0.3 is 0 Å². The Kier molecular flexibility index (Phi) is 10.1. The Balaban J connectivity index is 1.52. The first-order chi connectivity index (χ1) is 16.9. The van der Waals surface area contributed by atoms with Crippen LogP contribution in [0.3, 0.4) is 0 Å². The average molecular weight is 761 g/mol. The van der Waals surface area contributed by atoms with E-state index in [-0.39, 0.29) is 22.7 Å². The molecule has 36 heavy (non-hydrogen) atoms. The molecule has 1 heterocycles. The summed E-state index contributed by atoms with van der Waals surface area (Å²) in [5.74, 6) is 0.761. The first kappa shape index (κ1) is 29.6. The van der Waals surface area contributed by atoms with Crippen LogP contribution in [-0.2, 0) is 20.8 Å². The molecule has 1 aromatic rings. The fourth-order valence-electron chi connectivity index (χ4n) is 3.76. The third-order valence-corrected chi connectivity index (χ3v) is 8.15. The SMILES string of the molecule is COC1=C(Br)[C@H](O)[C@@]2(C=C1Br)CC(C(=O)NCCc1cc(Br)c(OCCC[N+](C)(C)[O-])c(Br)c1)=NO2. The monoisotopic (exact) mass is 757 g/mol. The zero-order valence-corrected chi connectivity index (χ0v) is 26.3. The zero-order valence-electron chi connectivity index (χ0n) is 19.9. The second kappa shape index (κ2) is 12.3. The summed E-state index contributed by atoms with van der Waals surface area (Å²) in [6, 6.07) is 3.87. The van der Waals surface area contributed by atoms with Crippen molar-refractivity contribution in [1.82, 2.24) is 5.32 Å². The number of allylic oxidation sites excluding steroid dienone is 1. The van der Waals surface area contributed by atoms with Crippen LogP contribution in [0, 0.1) is 5.21 Å². The van der Waals surface area contributed by atoms with Gasteiger partial charge in [0.15, 0.2) is 5.60 Å². The summed E-state index contributed by atoms with van der Waals surface area (Å²) in [7, 11) is 4.70. The molecule has 1 aliphatic heterocycles. The number of carbonyl (C=O) groups excluding carboxylic acids is 1. The van der Waals surface area contributed by atoms with E-state index in [1.54, 1.807) is 20.2 Å². The molecule has 0 saturated carbocycles. The van der Waals surface area contributed by atoms with Gasteiger partial charge in [-0.3, -0.25) is 4.79 Å². The third kappa shape index (κ3) is 7.12. The van der Waals surface area contributed by atoms with E-state index >= 15 is 0 Å². The van der Waals surface area contributed by atoms with E-state index in [1.165, 1.54) is 7.11 Å². The Bertz CT molecular complexity index is 1080. The van der Waals surface area contributed by atoms with Crippen LogP contribution in [0.25, 0.3) is 0 Å². The highest BCUT2D eigenvalue weighted by atomic mass is 79.9. The maximum Gasteiger partial charge on any atom is 0.269 e. The summed E-state index contributed by atoms with van der Waals surface area (Å²) in [5, 5.41) is 29.2. The first-order valence-corrected chi connectivity index (χ1v) is 14.2. The van der Waals surface area contributed by atoms with E-state index in [0.29, 0.717) is 53.0 Å². The Labute approximate surface area is 243 Å². The van der Waals surface area contributed by atoms with Gasteiger partial charge in [0.25, 0.3) is 5.91 Å². The number of hydrogen-bond acceptors (Lipinski definition) is 7. The van der Waals surface area contributed by atoms with Gasteiger partial charge < -0.3 is 34.6 Å². The quantitative estimate of drug-likeness (QED) is 0.205. The van der Waals surface area contributed by atoms with Crippen molar-refractivity contribution in [3.05, 3.63) is 52.6 Å². The molecule has 0 bridgehead atoms. The van der Waals surface area contributed by atoms with Crippen LogP contribution in [0.15, 0.2) is 47.0 Å². The number of halogens is 4. The number of benzene rings is 1. The molecule has 2 atom stereocenters. The Morgan fingerprint density at radius 1 is 1.31 bits per heavy atom. The Hall–Kier alpha value is -0.960. The van der Waals surface area contributed by atoms with Crippen molar-refractivity contribution in [2.75, 3.05) is 40.9 Å². The van der Waals surface area contributed by atoms with Gasteiger partial charge in [0.2, 0.25) is 0 Å². The zero-order chi connectivity index (χ0) is 26.7. The number of ether oxygens (including phenoxy) is 2. The lowest BCUT2D eigenvalue weighted by Crippen LogP contribution is -2.45. The Morgan fingerprint density at radius 3 is 2.58 bits per heavy atom.